The van der Waals surface area contributed by atoms with E-state index in [2.05, 4.69) is 9.89 Å². The van der Waals surface area contributed by atoms with E-state index in [1.807, 2.05) is 68.6 Å². The highest BCUT2D eigenvalue weighted by atomic mass is 35.5. The van der Waals surface area contributed by atoms with Gasteiger partial charge >= 0.3 is 0 Å². The molecule has 0 bridgehead atoms. The normalized spacial score (nSPS) is 20.0. The van der Waals surface area contributed by atoms with Gasteiger partial charge in [0.15, 0.2) is 5.17 Å². The van der Waals surface area contributed by atoms with Crippen molar-refractivity contribution in [2.45, 2.75) is 11.8 Å². The standard InChI is InChI=1S/C22H20ClN3O2S2/c1-4-26-21(27)19(30-22(26)24-15-6-8-16(28-3)9-7-15)11-12-20-25(2)17-13-14(23)5-10-18(17)29-20/h5-13H,4H2,1-3H3/b19-11-,20-12+,24-22?. The molecule has 2 aromatic rings. The van der Waals surface area contributed by atoms with Gasteiger partial charge in [-0.2, -0.15) is 0 Å². The first-order valence-electron chi connectivity index (χ1n) is 9.35. The number of rotatable bonds is 4. The minimum absolute atomic E-state index is 0.0298. The highest BCUT2D eigenvalue weighted by Gasteiger charge is 2.32. The fraction of sp³-hybridized carbons (Fsp3) is 0.182. The van der Waals surface area contributed by atoms with E-state index < -0.39 is 0 Å². The molecule has 0 atom stereocenters. The van der Waals surface area contributed by atoms with Crippen LogP contribution >= 0.6 is 35.1 Å². The van der Waals surface area contributed by atoms with E-state index in [-0.39, 0.29) is 5.91 Å². The monoisotopic (exact) mass is 457 g/mol. The maximum absolute atomic E-state index is 12.9. The van der Waals surface area contributed by atoms with Crippen LogP contribution in [0.5, 0.6) is 5.75 Å². The lowest BCUT2D eigenvalue weighted by atomic mass is 10.3. The van der Waals surface area contributed by atoms with E-state index in [0.29, 0.717) is 21.6 Å². The number of amidine groups is 1. The lowest BCUT2D eigenvalue weighted by molar-refractivity contribution is -0.122. The SMILES string of the molecule is CCN1C(=O)/C(=C/C=C2/Sc3ccc(Cl)cc3N2C)SC1=Nc1ccc(OC)cc1. The number of carbonyl (C=O) groups excluding carboxylic acids is 1. The molecule has 0 N–H and O–H groups in total. The highest BCUT2D eigenvalue weighted by molar-refractivity contribution is 8.18. The molecule has 0 unspecified atom stereocenters. The highest BCUT2D eigenvalue weighted by Crippen LogP contribution is 2.46. The number of benzene rings is 2. The Kier molecular flexibility index (Phi) is 6.13. The number of halogens is 1. The summed E-state index contributed by atoms with van der Waals surface area (Å²) in [6.45, 7) is 2.51. The number of allylic oxidation sites excluding steroid dienone is 2. The summed E-state index contributed by atoms with van der Waals surface area (Å²) < 4.78 is 5.19. The fourth-order valence-electron chi connectivity index (χ4n) is 3.08. The number of thioether (sulfide) groups is 2. The molecule has 1 fully saturated rings. The molecule has 2 aromatic carbocycles. The Bertz CT molecular complexity index is 1080. The number of carbonyl (C=O) groups is 1. The van der Waals surface area contributed by atoms with Crippen molar-refractivity contribution in [3.63, 3.8) is 0 Å². The molecule has 5 nitrogen and oxygen atoms in total. The van der Waals surface area contributed by atoms with Gasteiger partial charge in [0, 0.05) is 23.5 Å². The molecule has 4 rings (SSSR count). The number of ether oxygens (including phenoxy) is 1. The second-order valence-corrected chi connectivity index (χ2v) is 9.06. The van der Waals surface area contributed by atoms with Gasteiger partial charge in [-0.3, -0.25) is 9.69 Å². The molecule has 2 aliphatic rings. The van der Waals surface area contributed by atoms with Gasteiger partial charge < -0.3 is 9.64 Å². The molecule has 2 aliphatic heterocycles. The molecule has 154 valence electrons. The predicted molar refractivity (Wildman–Crippen MR) is 127 cm³/mol. The summed E-state index contributed by atoms with van der Waals surface area (Å²) in [4.78, 5) is 23.1. The molecular formula is C22H20ClN3O2S2. The molecule has 0 saturated carbocycles. The van der Waals surface area contributed by atoms with Crippen molar-refractivity contribution in [1.29, 1.82) is 0 Å². The van der Waals surface area contributed by atoms with E-state index in [9.17, 15) is 4.79 Å². The Morgan fingerprint density at radius 1 is 1.13 bits per heavy atom. The molecule has 2 heterocycles. The molecule has 30 heavy (non-hydrogen) atoms. The number of hydrogen-bond donors (Lipinski definition) is 0. The summed E-state index contributed by atoms with van der Waals surface area (Å²) in [5.74, 6) is 0.743. The van der Waals surface area contributed by atoms with Gasteiger partial charge in [-0.1, -0.05) is 23.4 Å². The lowest BCUT2D eigenvalue weighted by Crippen LogP contribution is -2.28. The molecule has 0 spiro atoms. The topological polar surface area (TPSA) is 45.1 Å². The first-order valence-corrected chi connectivity index (χ1v) is 11.4. The zero-order valence-corrected chi connectivity index (χ0v) is 19.1. The van der Waals surface area contributed by atoms with Crippen LogP contribution in [-0.4, -0.2) is 36.7 Å². The maximum Gasteiger partial charge on any atom is 0.266 e. The molecule has 8 heteroatoms. The van der Waals surface area contributed by atoms with Crippen LogP contribution in [0.15, 0.2) is 74.4 Å². The van der Waals surface area contributed by atoms with Crippen molar-refractivity contribution in [3.05, 3.63) is 69.6 Å². The fourth-order valence-corrected chi connectivity index (χ4v) is 5.29. The van der Waals surface area contributed by atoms with Crippen molar-refractivity contribution in [3.8, 4) is 5.75 Å². The third kappa shape index (κ3) is 4.10. The zero-order valence-electron chi connectivity index (χ0n) is 16.8. The number of hydrogen-bond acceptors (Lipinski definition) is 6. The third-order valence-electron chi connectivity index (χ3n) is 4.71. The van der Waals surface area contributed by atoms with Crippen LogP contribution in [-0.2, 0) is 4.79 Å². The van der Waals surface area contributed by atoms with Crippen molar-refractivity contribution >= 4 is 57.6 Å². The van der Waals surface area contributed by atoms with Gasteiger partial charge in [0.2, 0.25) is 0 Å². The summed E-state index contributed by atoms with van der Waals surface area (Å²) >= 11 is 9.18. The average Bonchev–Trinajstić information content (AvgIpc) is 3.22. The number of anilines is 1. The van der Waals surface area contributed by atoms with Gasteiger partial charge in [-0.25, -0.2) is 4.99 Å². The van der Waals surface area contributed by atoms with Gasteiger partial charge in [-0.05, 0) is 73.3 Å². The van der Waals surface area contributed by atoms with Crippen molar-refractivity contribution in [2.24, 2.45) is 4.99 Å². The average molecular weight is 458 g/mol. The summed E-state index contributed by atoms with van der Waals surface area (Å²) in [6.07, 6.45) is 3.85. The van der Waals surface area contributed by atoms with E-state index in [4.69, 9.17) is 16.3 Å². The van der Waals surface area contributed by atoms with Crippen LogP contribution in [0, 0.1) is 0 Å². The number of methoxy groups -OCH3 is 1. The van der Waals surface area contributed by atoms with Crippen LogP contribution in [0.25, 0.3) is 0 Å². The Balaban J connectivity index is 1.57. The first kappa shape index (κ1) is 20.9. The number of aliphatic imine (C=N–C) groups is 1. The third-order valence-corrected chi connectivity index (χ3v) is 7.15. The smallest absolute Gasteiger partial charge is 0.266 e. The summed E-state index contributed by atoms with van der Waals surface area (Å²) in [7, 11) is 3.63. The van der Waals surface area contributed by atoms with Gasteiger partial charge in [0.25, 0.3) is 5.91 Å². The zero-order chi connectivity index (χ0) is 21.3. The van der Waals surface area contributed by atoms with Crippen molar-refractivity contribution in [1.82, 2.24) is 4.90 Å². The van der Waals surface area contributed by atoms with E-state index in [1.54, 1.807) is 23.8 Å². The first-order chi connectivity index (χ1) is 14.5. The van der Waals surface area contributed by atoms with E-state index >= 15 is 0 Å². The minimum Gasteiger partial charge on any atom is -0.497 e. The lowest BCUT2D eigenvalue weighted by Gasteiger charge is -2.13. The van der Waals surface area contributed by atoms with E-state index in [1.165, 1.54) is 11.8 Å². The second-order valence-electron chi connectivity index (χ2n) is 6.55. The molecule has 1 saturated heterocycles. The second kappa shape index (κ2) is 8.79. The molecule has 0 aromatic heterocycles. The quantitative estimate of drug-likeness (QED) is 0.535. The van der Waals surface area contributed by atoms with Crippen LogP contribution in [0.2, 0.25) is 5.02 Å². The number of fused-ring (bicyclic) bond motifs is 1. The van der Waals surface area contributed by atoms with Crippen LogP contribution < -0.4 is 9.64 Å². The summed E-state index contributed by atoms with van der Waals surface area (Å²) in [5.41, 5.74) is 1.85. The number of likely N-dealkylation sites (N-methyl/N-ethyl adjacent to an activating group) is 1. The van der Waals surface area contributed by atoms with Crippen LogP contribution in [0.1, 0.15) is 6.92 Å². The van der Waals surface area contributed by atoms with Gasteiger partial charge in [0.1, 0.15) is 5.75 Å². The molecular weight excluding hydrogens is 438 g/mol. The molecule has 1 amide bonds. The minimum atomic E-state index is -0.0298. The number of amides is 1. The Hall–Kier alpha value is -2.35. The Morgan fingerprint density at radius 2 is 1.90 bits per heavy atom. The van der Waals surface area contributed by atoms with Gasteiger partial charge in [0.05, 0.1) is 28.4 Å². The summed E-state index contributed by atoms with van der Waals surface area (Å²) in [6, 6.07) is 13.3. The van der Waals surface area contributed by atoms with Crippen LogP contribution in [0.4, 0.5) is 11.4 Å². The van der Waals surface area contributed by atoms with Crippen LogP contribution in [0.3, 0.4) is 0 Å². The number of nitrogens with zero attached hydrogens (tertiary/aromatic N) is 3. The maximum atomic E-state index is 12.9. The van der Waals surface area contributed by atoms with E-state index in [0.717, 1.165) is 27.0 Å². The van der Waals surface area contributed by atoms with Crippen molar-refractivity contribution in [2.75, 3.05) is 25.6 Å². The predicted octanol–water partition coefficient (Wildman–Crippen LogP) is 5.90. The van der Waals surface area contributed by atoms with Crippen molar-refractivity contribution < 1.29 is 9.53 Å². The molecule has 0 aliphatic carbocycles. The largest absolute Gasteiger partial charge is 0.497 e. The Morgan fingerprint density at radius 3 is 2.60 bits per heavy atom. The van der Waals surface area contributed by atoms with Gasteiger partial charge in [-0.15, -0.1) is 0 Å². The summed E-state index contributed by atoms with van der Waals surface area (Å²) in [5, 5.41) is 2.43. The molecule has 0 radical (unpaired) electrons. The Labute approximate surface area is 189 Å².